The average Bonchev–Trinajstić information content (AvgIpc) is 3.54. The number of rotatable bonds is 9. The predicted molar refractivity (Wildman–Crippen MR) is 203 cm³/mol. The van der Waals surface area contributed by atoms with Crippen molar-refractivity contribution in [1.82, 2.24) is 30.4 Å². The second kappa shape index (κ2) is 14.3. The van der Waals surface area contributed by atoms with Crippen molar-refractivity contribution in [3.05, 3.63) is 87.2 Å². The molecular formula is C38H50ClN9O. The molecule has 1 aromatic carbocycles. The summed E-state index contributed by atoms with van der Waals surface area (Å²) in [7, 11) is 1.75. The van der Waals surface area contributed by atoms with Crippen molar-refractivity contribution in [2.45, 2.75) is 78.9 Å². The number of hydrazine groups is 2. The number of nitrogens with zero attached hydrogens (tertiary/aromatic N) is 5. The number of halogens is 1. The molecule has 2 aliphatic heterocycles. The maximum Gasteiger partial charge on any atom is 0.258 e. The number of aromatic nitrogens is 2. The van der Waals surface area contributed by atoms with Crippen molar-refractivity contribution in [3.8, 4) is 6.07 Å². The van der Waals surface area contributed by atoms with E-state index < -0.39 is 6.04 Å². The van der Waals surface area contributed by atoms with Gasteiger partial charge >= 0.3 is 0 Å². The molecule has 1 saturated heterocycles. The van der Waals surface area contributed by atoms with Gasteiger partial charge in [0.25, 0.3) is 5.56 Å². The molecule has 49 heavy (non-hydrogen) atoms. The second-order valence-electron chi connectivity index (χ2n) is 15.2. The second-order valence-corrected chi connectivity index (χ2v) is 15.6. The molecule has 1 atom stereocenters. The third-order valence-corrected chi connectivity index (χ3v) is 9.50. The summed E-state index contributed by atoms with van der Waals surface area (Å²) in [5.41, 5.74) is 12.1. The zero-order valence-electron chi connectivity index (χ0n) is 30.0. The van der Waals surface area contributed by atoms with E-state index in [2.05, 4.69) is 96.9 Å². The Bertz CT molecular complexity index is 1880. The first-order chi connectivity index (χ1) is 23.1. The molecule has 3 aromatic rings. The summed E-state index contributed by atoms with van der Waals surface area (Å²) in [4.78, 5) is 20.4. The van der Waals surface area contributed by atoms with E-state index in [1.54, 1.807) is 24.0 Å². The summed E-state index contributed by atoms with van der Waals surface area (Å²) < 4.78 is 1.57. The molecule has 4 N–H and O–H groups in total. The number of hydrogen-bond donors (Lipinski definition) is 4. The van der Waals surface area contributed by atoms with Gasteiger partial charge in [-0.2, -0.15) is 5.26 Å². The van der Waals surface area contributed by atoms with Crippen LogP contribution in [-0.4, -0.2) is 56.7 Å². The number of nitrogens with one attached hydrogen (secondary N) is 4. The minimum atomic E-state index is -0.477. The average molecular weight is 684 g/mol. The van der Waals surface area contributed by atoms with Crippen LogP contribution in [0.4, 0.5) is 11.4 Å². The molecule has 11 heteroatoms. The largest absolute Gasteiger partial charge is 0.383 e. The van der Waals surface area contributed by atoms with Gasteiger partial charge in [-0.15, -0.1) is 5.53 Å². The van der Waals surface area contributed by atoms with Crippen LogP contribution in [0, 0.1) is 16.7 Å². The molecule has 0 unspecified atom stereocenters. The van der Waals surface area contributed by atoms with Crippen molar-refractivity contribution in [2.24, 2.45) is 12.5 Å². The van der Waals surface area contributed by atoms with E-state index in [-0.39, 0.29) is 16.5 Å². The molecule has 0 amide bonds. The van der Waals surface area contributed by atoms with Gasteiger partial charge in [-0.25, -0.2) is 0 Å². The van der Waals surface area contributed by atoms with E-state index in [1.165, 1.54) is 0 Å². The molecule has 0 saturated carbocycles. The Balaban J connectivity index is 1.56. The van der Waals surface area contributed by atoms with Crippen LogP contribution in [0.5, 0.6) is 0 Å². The summed E-state index contributed by atoms with van der Waals surface area (Å²) in [6.07, 6.45) is 11.2. The fourth-order valence-electron chi connectivity index (χ4n) is 6.40. The van der Waals surface area contributed by atoms with Gasteiger partial charge in [0.15, 0.2) is 0 Å². The zero-order chi connectivity index (χ0) is 35.7. The van der Waals surface area contributed by atoms with E-state index in [4.69, 9.17) is 11.6 Å². The van der Waals surface area contributed by atoms with Gasteiger partial charge in [0, 0.05) is 73.5 Å². The Kier molecular flexibility index (Phi) is 10.5. The third-order valence-electron chi connectivity index (χ3n) is 9.21. The van der Waals surface area contributed by atoms with Gasteiger partial charge in [0.05, 0.1) is 33.5 Å². The van der Waals surface area contributed by atoms with Crippen LogP contribution in [0.15, 0.2) is 59.9 Å². The maximum absolute atomic E-state index is 13.3. The molecule has 0 radical (unpaired) electrons. The minimum Gasteiger partial charge on any atom is -0.383 e. The Morgan fingerprint density at radius 2 is 1.94 bits per heavy atom. The van der Waals surface area contributed by atoms with Crippen LogP contribution < -0.4 is 27.2 Å². The highest BCUT2D eigenvalue weighted by atomic mass is 35.5. The molecular weight excluding hydrogens is 634 g/mol. The number of benzene rings is 1. The van der Waals surface area contributed by atoms with Gasteiger partial charge in [-0.05, 0) is 75.3 Å². The number of aryl methyl sites for hydroxylation is 1. The predicted octanol–water partition coefficient (Wildman–Crippen LogP) is 6.87. The highest BCUT2D eigenvalue weighted by Crippen LogP contribution is 2.36. The minimum absolute atomic E-state index is 0.0228. The van der Waals surface area contributed by atoms with Crippen LogP contribution >= 0.6 is 11.6 Å². The molecule has 10 nitrogen and oxygen atoms in total. The number of pyridine rings is 2. The van der Waals surface area contributed by atoms with Gasteiger partial charge in [0.1, 0.15) is 6.07 Å². The van der Waals surface area contributed by atoms with Crippen LogP contribution in [0.2, 0.25) is 5.02 Å². The van der Waals surface area contributed by atoms with Crippen LogP contribution in [0.25, 0.3) is 22.6 Å². The first-order valence-electron chi connectivity index (χ1n) is 16.9. The Hall–Kier alpha value is -4.30. The van der Waals surface area contributed by atoms with E-state index in [0.717, 1.165) is 48.3 Å². The Morgan fingerprint density at radius 3 is 2.57 bits per heavy atom. The topological polar surface area (TPSA) is 113 Å². The maximum atomic E-state index is 13.3. The SMILES string of the molecule is C=C(c1ccn(C)c(=O)c1/C=C\C)[C@H](Nc1cc(Cl)c2ncc(C#N)c(NCC(C)(C)C)c2c1)C1=CN(C2CCN(C(C)(C)C)CC2)NN1. The number of anilines is 2. The smallest absolute Gasteiger partial charge is 0.258 e. The first kappa shape index (κ1) is 36.0. The summed E-state index contributed by atoms with van der Waals surface area (Å²) in [6, 6.07) is 7.87. The van der Waals surface area contributed by atoms with Crippen molar-refractivity contribution >= 4 is 45.5 Å². The van der Waals surface area contributed by atoms with Crippen molar-refractivity contribution in [2.75, 3.05) is 30.3 Å². The summed E-state index contributed by atoms with van der Waals surface area (Å²) >= 11 is 6.89. The molecule has 0 aliphatic carbocycles. The lowest BCUT2D eigenvalue weighted by molar-refractivity contribution is 0.0570. The number of allylic oxidation sites excluding steroid dienone is 1. The molecule has 260 valence electrons. The monoisotopic (exact) mass is 683 g/mol. The van der Waals surface area contributed by atoms with Crippen molar-refractivity contribution in [1.29, 1.82) is 5.26 Å². The summed E-state index contributed by atoms with van der Waals surface area (Å²) in [6.45, 7) is 22.4. The number of nitriles is 1. The molecule has 2 aliphatic rings. The van der Waals surface area contributed by atoms with E-state index in [0.29, 0.717) is 45.5 Å². The molecule has 0 bridgehead atoms. The van der Waals surface area contributed by atoms with E-state index in [9.17, 15) is 10.1 Å². The van der Waals surface area contributed by atoms with Gasteiger partial charge in [-0.3, -0.25) is 19.7 Å². The molecule has 4 heterocycles. The molecule has 5 rings (SSSR count). The molecule has 1 fully saturated rings. The Labute approximate surface area is 295 Å². The lowest BCUT2D eigenvalue weighted by Gasteiger charge is -2.42. The van der Waals surface area contributed by atoms with E-state index in [1.807, 2.05) is 37.3 Å². The van der Waals surface area contributed by atoms with Gasteiger partial charge in [-0.1, -0.05) is 51.1 Å². The number of fused-ring (bicyclic) bond motifs is 1. The lowest BCUT2D eigenvalue weighted by Crippen LogP contribution is -2.52. The molecule has 2 aromatic heterocycles. The summed E-state index contributed by atoms with van der Waals surface area (Å²) in [5.74, 6) is 0. The fraction of sp³-hybridized carbons (Fsp3) is 0.447. The quantitative estimate of drug-likeness (QED) is 0.192. The fourth-order valence-corrected chi connectivity index (χ4v) is 6.67. The van der Waals surface area contributed by atoms with Crippen LogP contribution in [-0.2, 0) is 7.05 Å². The number of hydrogen-bond acceptors (Lipinski definition) is 9. The summed E-state index contributed by atoms with van der Waals surface area (Å²) in [5, 5.41) is 20.5. The van der Waals surface area contributed by atoms with Crippen LogP contribution in [0.3, 0.4) is 0 Å². The standard InChI is InChI=1S/C38H50ClN9O/c1-10-11-29-28(14-15-46(9)36(29)49)24(2)33(32-22-48(45-44-32)27-12-16-47(17-13-27)38(6,7)8)43-26-18-30-34(42-23-37(3,4)5)25(20-40)21-41-35(30)31(39)19-26/h10-11,14-15,18-19,21-22,27,33,43-45H,2,12-13,16-17,23H2,1,3-9H3,(H,41,42)/b11-10-/t33-/m0/s1. The first-order valence-corrected chi connectivity index (χ1v) is 17.3. The van der Waals surface area contributed by atoms with Crippen molar-refractivity contribution in [3.63, 3.8) is 0 Å². The third kappa shape index (κ3) is 7.96. The van der Waals surface area contributed by atoms with Crippen LogP contribution in [0.1, 0.15) is 78.0 Å². The molecule has 0 spiro atoms. The lowest BCUT2D eigenvalue weighted by atomic mass is 9.94. The van der Waals surface area contributed by atoms with Gasteiger partial charge < -0.3 is 20.6 Å². The van der Waals surface area contributed by atoms with E-state index >= 15 is 0 Å². The number of piperidine rings is 1. The van der Waals surface area contributed by atoms with Crippen molar-refractivity contribution < 1.29 is 0 Å². The van der Waals surface area contributed by atoms with Gasteiger partial charge in [0.2, 0.25) is 0 Å². The highest BCUT2D eigenvalue weighted by molar-refractivity contribution is 6.35. The normalized spacial score (nSPS) is 16.8. The Morgan fingerprint density at radius 1 is 1.22 bits per heavy atom. The number of likely N-dealkylation sites (tertiary alicyclic amines) is 1. The zero-order valence-corrected chi connectivity index (χ0v) is 30.8. The highest BCUT2D eigenvalue weighted by Gasteiger charge is 2.33.